The molecule has 0 radical (unpaired) electrons. The highest BCUT2D eigenvalue weighted by Crippen LogP contribution is 2.23. The van der Waals surface area contributed by atoms with E-state index in [1.165, 1.54) is 6.42 Å². The highest BCUT2D eigenvalue weighted by atomic mass is 16.1. The van der Waals surface area contributed by atoms with Crippen LogP contribution in [-0.4, -0.2) is 44.2 Å². The number of aryl methyl sites for hydroxylation is 1. The van der Waals surface area contributed by atoms with E-state index in [9.17, 15) is 4.79 Å². The summed E-state index contributed by atoms with van der Waals surface area (Å²) in [6.45, 7) is 3.84. The normalized spacial score (nSPS) is 14.2. The van der Waals surface area contributed by atoms with Crippen LogP contribution in [0, 0.1) is 6.92 Å². The standard InChI is InChI=1S/C19H21N7O/c1-14-12-15(7-8-17(14)26-13-21-23-24-26)22-19(27)16-6-5-9-20-18(16)25-10-3-2-4-11-25/h5-9,12-13H,2-4,10-11H2,1H3,(H,22,27). The molecule has 1 aliphatic rings. The van der Waals surface area contributed by atoms with Gasteiger partial charge in [-0.25, -0.2) is 9.67 Å². The Balaban J connectivity index is 1.55. The first-order valence-electron chi connectivity index (χ1n) is 9.08. The molecule has 1 fully saturated rings. The van der Waals surface area contributed by atoms with Crippen molar-refractivity contribution in [2.45, 2.75) is 26.2 Å². The number of benzene rings is 1. The number of hydrogen-bond acceptors (Lipinski definition) is 6. The molecule has 0 spiro atoms. The summed E-state index contributed by atoms with van der Waals surface area (Å²) < 4.78 is 1.59. The topological polar surface area (TPSA) is 88.8 Å². The number of anilines is 2. The quantitative estimate of drug-likeness (QED) is 0.766. The van der Waals surface area contributed by atoms with Crippen molar-refractivity contribution in [2.75, 3.05) is 23.3 Å². The molecule has 8 nitrogen and oxygen atoms in total. The van der Waals surface area contributed by atoms with Crippen LogP contribution in [0.4, 0.5) is 11.5 Å². The summed E-state index contributed by atoms with van der Waals surface area (Å²) in [6.07, 6.45) is 6.79. The fraction of sp³-hybridized carbons (Fsp3) is 0.316. The van der Waals surface area contributed by atoms with E-state index < -0.39 is 0 Å². The van der Waals surface area contributed by atoms with E-state index in [0.29, 0.717) is 5.56 Å². The third kappa shape index (κ3) is 3.64. The average Bonchev–Trinajstić information content (AvgIpc) is 3.23. The minimum atomic E-state index is -0.154. The summed E-state index contributed by atoms with van der Waals surface area (Å²) in [7, 11) is 0. The predicted molar refractivity (Wildman–Crippen MR) is 102 cm³/mol. The summed E-state index contributed by atoms with van der Waals surface area (Å²) in [5, 5.41) is 14.2. The molecule has 0 saturated carbocycles. The summed E-state index contributed by atoms with van der Waals surface area (Å²) in [5.74, 6) is 0.606. The molecule has 8 heteroatoms. The summed E-state index contributed by atoms with van der Waals surface area (Å²) in [6, 6.07) is 9.27. The largest absolute Gasteiger partial charge is 0.356 e. The zero-order chi connectivity index (χ0) is 18.6. The summed E-state index contributed by atoms with van der Waals surface area (Å²) in [4.78, 5) is 19.6. The van der Waals surface area contributed by atoms with E-state index >= 15 is 0 Å². The van der Waals surface area contributed by atoms with Crippen molar-refractivity contribution in [1.82, 2.24) is 25.2 Å². The summed E-state index contributed by atoms with van der Waals surface area (Å²) >= 11 is 0. The number of nitrogens with zero attached hydrogens (tertiary/aromatic N) is 6. The maximum absolute atomic E-state index is 12.9. The minimum Gasteiger partial charge on any atom is -0.356 e. The molecular weight excluding hydrogens is 342 g/mol. The molecule has 1 N–H and O–H groups in total. The van der Waals surface area contributed by atoms with Gasteiger partial charge in [-0.1, -0.05) is 0 Å². The van der Waals surface area contributed by atoms with Crippen LogP contribution in [0.2, 0.25) is 0 Å². The van der Waals surface area contributed by atoms with Gasteiger partial charge in [-0.3, -0.25) is 4.79 Å². The molecular formula is C19H21N7O. The zero-order valence-corrected chi connectivity index (χ0v) is 15.2. The second kappa shape index (κ2) is 7.53. The number of nitrogens with one attached hydrogen (secondary N) is 1. The molecule has 3 aromatic rings. The molecule has 4 rings (SSSR count). The Morgan fingerprint density at radius 3 is 2.74 bits per heavy atom. The van der Waals surface area contributed by atoms with E-state index in [4.69, 9.17) is 0 Å². The Labute approximate surface area is 157 Å². The second-order valence-electron chi connectivity index (χ2n) is 6.63. The van der Waals surface area contributed by atoms with Gasteiger partial charge in [0.2, 0.25) is 0 Å². The van der Waals surface area contributed by atoms with Crippen LogP contribution in [-0.2, 0) is 0 Å². The Kier molecular flexibility index (Phi) is 4.78. The van der Waals surface area contributed by atoms with Crippen molar-refractivity contribution in [1.29, 1.82) is 0 Å². The van der Waals surface area contributed by atoms with E-state index in [0.717, 1.165) is 48.7 Å². The van der Waals surface area contributed by atoms with E-state index in [1.54, 1.807) is 23.3 Å². The Hall–Kier alpha value is -3.29. The number of tetrazole rings is 1. The lowest BCUT2D eigenvalue weighted by molar-refractivity contribution is 0.102. The molecule has 1 saturated heterocycles. The number of rotatable bonds is 4. The van der Waals surface area contributed by atoms with Gasteiger partial charge in [-0.15, -0.1) is 5.10 Å². The van der Waals surface area contributed by atoms with E-state index in [-0.39, 0.29) is 5.91 Å². The number of amides is 1. The third-order valence-electron chi connectivity index (χ3n) is 4.74. The van der Waals surface area contributed by atoms with Crippen molar-refractivity contribution in [3.63, 3.8) is 0 Å². The van der Waals surface area contributed by atoms with Crippen LogP contribution in [0.15, 0.2) is 42.9 Å². The van der Waals surface area contributed by atoms with Gasteiger partial charge in [0.1, 0.15) is 12.1 Å². The third-order valence-corrected chi connectivity index (χ3v) is 4.74. The molecule has 138 valence electrons. The lowest BCUT2D eigenvalue weighted by Gasteiger charge is -2.29. The Morgan fingerprint density at radius 1 is 1.15 bits per heavy atom. The van der Waals surface area contributed by atoms with Crippen molar-refractivity contribution in [3.05, 3.63) is 54.0 Å². The number of carbonyl (C=O) groups is 1. The first-order valence-corrected chi connectivity index (χ1v) is 9.08. The molecule has 2 aromatic heterocycles. The Morgan fingerprint density at radius 2 is 2.00 bits per heavy atom. The van der Waals surface area contributed by atoms with Crippen LogP contribution in [0.1, 0.15) is 35.2 Å². The Bertz CT molecular complexity index is 933. The van der Waals surface area contributed by atoms with Crippen LogP contribution >= 0.6 is 0 Å². The highest BCUT2D eigenvalue weighted by Gasteiger charge is 2.19. The smallest absolute Gasteiger partial charge is 0.259 e. The molecule has 27 heavy (non-hydrogen) atoms. The van der Waals surface area contributed by atoms with E-state index in [1.807, 2.05) is 31.2 Å². The lowest BCUT2D eigenvalue weighted by Crippen LogP contribution is -2.32. The molecule has 0 atom stereocenters. The zero-order valence-electron chi connectivity index (χ0n) is 15.2. The fourth-order valence-electron chi connectivity index (χ4n) is 3.39. The summed E-state index contributed by atoms with van der Waals surface area (Å²) in [5.41, 5.74) is 3.15. The number of piperidine rings is 1. The van der Waals surface area contributed by atoms with Gasteiger partial charge in [0.05, 0.1) is 11.3 Å². The molecule has 0 aliphatic carbocycles. The number of carbonyl (C=O) groups excluding carboxylic acids is 1. The minimum absolute atomic E-state index is 0.154. The van der Waals surface area contributed by atoms with Crippen LogP contribution in [0.3, 0.4) is 0 Å². The molecule has 3 heterocycles. The molecule has 0 bridgehead atoms. The lowest BCUT2D eigenvalue weighted by atomic mass is 10.1. The number of pyridine rings is 1. The first-order chi connectivity index (χ1) is 13.2. The van der Waals surface area contributed by atoms with Gasteiger partial charge in [0.15, 0.2) is 0 Å². The van der Waals surface area contributed by atoms with E-state index in [2.05, 4.69) is 30.7 Å². The van der Waals surface area contributed by atoms with Crippen molar-refractivity contribution in [3.8, 4) is 5.69 Å². The molecule has 1 aromatic carbocycles. The number of aromatic nitrogens is 5. The second-order valence-corrected chi connectivity index (χ2v) is 6.63. The monoisotopic (exact) mass is 363 g/mol. The van der Waals surface area contributed by atoms with Gasteiger partial charge >= 0.3 is 0 Å². The fourth-order valence-corrected chi connectivity index (χ4v) is 3.39. The molecule has 1 amide bonds. The highest BCUT2D eigenvalue weighted by molar-refractivity contribution is 6.07. The van der Waals surface area contributed by atoms with Crippen LogP contribution in [0.25, 0.3) is 5.69 Å². The number of hydrogen-bond donors (Lipinski definition) is 1. The maximum Gasteiger partial charge on any atom is 0.259 e. The molecule has 1 aliphatic heterocycles. The average molecular weight is 363 g/mol. The van der Waals surface area contributed by atoms with Gasteiger partial charge in [-0.05, 0) is 72.5 Å². The van der Waals surface area contributed by atoms with Crippen molar-refractivity contribution < 1.29 is 4.79 Å². The van der Waals surface area contributed by atoms with Crippen LogP contribution < -0.4 is 10.2 Å². The first kappa shape index (κ1) is 17.1. The SMILES string of the molecule is Cc1cc(NC(=O)c2cccnc2N2CCCCC2)ccc1-n1cnnn1. The van der Waals surface area contributed by atoms with Gasteiger partial charge < -0.3 is 10.2 Å². The van der Waals surface area contributed by atoms with Crippen molar-refractivity contribution in [2.24, 2.45) is 0 Å². The predicted octanol–water partition coefficient (Wildman–Crippen LogP) is 2.61. The van der Waals surface area contributed by atoms with Gasteiger partial charge in [0, 0.05) is 25.0 Å². The maximum atomic E-state index is 12.9. The van der Waals surface area contributed by atoms with Crippen molar-refractivity contribution >= 4 is 17.4 Å². The van der Waals surface area contributed by atoms with Crippen LogP contribution in [0.5, 0.6) is 0 Å². The van der Waals surface area contributed by atoms with Gasteiger partial charge in [0.25, 0.3) is 5.91 Å². The molecule has 0 unspecified atom stereocenters. The van der Waals surface area contributed by atoms with Gasteiger partial charge in [-0.2, -0.15) is 0 Å².